The Morgan fingerprint density at radius 1 is 1.00 bits per heavy atom. The third-order valence-corrected chi connectivity index (χ3v) is 4.07. The van der Waals surface area contributed by atoms with Crippen LogP contribution in [0.2, 0.25) is 0 Å². The molecule has 0 unspecified atom stereocenters. The van der Waals surface area contributed by atoms with Gasteiger partial charge in [-0.25, -0.2) is 0 Å². The molecule has 0 fully saturated rings. The van der Waals surface area contributed by atoms with Crippen LogP contribution in [-0.4, -0.2) is 4.98 Å². The number of fused-ring (bicyclic) bond motifs is 1. The molecule has 3 rings (SSSR count). The number of hydrogen-bond acceptors (Lipinski definition) is 2. The van der Waals surface area contributed by atoms with Gasteiger partial charge in [-0.05, 0) is 36.5 Å². The van der Waals surface area contributed by atoms with Crippen LogP contribution in [0.5, 0.6) is 0 Å². The molecule has 2 nitrogen and oxygen atoms in total. The second-order valence-corrected chi connectivity index (χ2v) is 5.43. The number of nitrogens with two attached hydrogens (primary N) is 1. The Kier molecular flexibility index (Phi) is 3.61. The Balaban J connectivity index is 2.17. The molecule has 0 bridgehead atoms. The summed E-state index contributed by atoms with van der Waals surface area (Å²) < 4.78 is 0. The van der Waals surface area contributed by atoms with Crippen LogP contribution in [-0.2, 0) is 12.8 Å². The summed E-state index contributed by atoms with van der Waals surface area (Å²) in [5, 5.41) is 1.07. The number of nitrogen functional groups attached to an aromatic ring is 1. The summed E-state index contributed by atoms with van der Waals surface area (Å²) in [4.78, 5) is 4.87. The van der Waals surface area contributed by atoms with E-state index in [1.807, 2.05) is 6.07 Å². The lowest BCUT2D eigenvalue weighted by Gasteiger charge is -2.13. The van der Waals surface area contributed by atoms with E-state index in [0.29, 0.717) is 0 Å². The van der Waals surface area contributed by atoms with Crippen LogP contribution in [0.15, 0.2) is 48.5 Å². The number of benzene rings is 2. The number of pyridine rings is 1. The molecule has 0 aliphatic rings. The van der Waals surface area contributed by atoms with Crippen LogP contribution in [0.25, 0.3) is 10.9 Å². The molecule has 0 aliphatic heterocycles. The molecule has 0 radical (unpaired) electrons. The number of nitrogens with zero attached hydrogens (tertiary/aromatic N) is 1. The van der Waals surface area contributed by atoms with Crippen LogP contribution in [0.1, 0.15) is 29.3 Å². The minimum Gasteiger partial charge on any atom is -0.398 e. The molecule has 2 heteroatoms. The Bertz CT molecular complexity index is 776. The summed E-state index contributed by atoms with van der Waals surface area (Å²) in [6, 6.07) is 16.8. The van der Waals surface area contributed by atoms with E-state index >= 15 is 0 Å². The van der Waals surface area contributed by atoms with Crippen molar-refractivity contribution in [2.75, 3.05) is 5.73 Å². The summed E-state index contributed by atoms with van der Waals surface area (Å²) in [6.07, 6.45) is 1.79. The monoisotopic (exact) mass is 276 g/mol. The van der Waals surface area contributed by atoms with Crippen LogP contribution in [0, 0.1) is 6.92 Å². The molecule has 2 N–H and O–H groups in total. The van der Waals surface area contributed by atoms with Gasteiger partial charge in [-0.2, -0.15) is 0 Å². The van der Waals surface area contributed by atoms with Gasteiger partial charge in [-0.3, -0.25) is 4.98 Å². The van der Waals surface area contributed by atoms with Gasteiger partial charge in [0.15, 0.2) is 0 Å². The molecular weight excluding hydrogens is 256 g/mol. The number of hydrogen-bond donors (Lipinski definition) is 1. The van der Waals surface area contributed by atoms with E-state index in [0.717, 1.165) is 40.7 Å². The molecule has 1 aromatic heterocycles. The van der Waals surface area contributed by atoms with Crippen LogP contribution in [0.3, 0.4) is 0 Å². The molecule has 0 spiro atoms. The first-order valence-corrected chi connectivity index (χ1v) is 7.41. The first kappa shape index (κ1) is 13.6. The number of aryl methyl sites for hydroxylation is 1. The van der Waals surface area contributed by atoms with Crippen molar-refractivity contribution >= 4 is 16.6 Å². The molecule has 3 aromatic rings. The Hall–Kier alpha value is -2.35. The van der Waals surface area contributed by atoms with Crippen molar-refractivity contribution in [1.29, 1.82) is 0 Å². The van der Waals surface area contributed by atoms with E-state index in [1.165, 1.54) is 11.1 Å². The summed E-state index contributed by atoms with van der Waals surface area (Å²) >= 11 is 0. The number of rotatable bonds is 3. The van der Waals surface area contributed by atoms with E-state index in [9.17, 15) is 0 Å². The quantitative estimate of drug-likeness (QED) is 0.775. The molecule has 106 valence electrons. The summed E-state index contributed by atoms with van der Waals surface area (Å²) in [5.41, 5.74) is 13.0. The van der Waals surface area contributed by atoms with E-state index in [1.54, 1.807) is 0 Å². The summed E-state index contributed by atoms with van der Waals surface area (Å²) in [5.74, 6) is 0. The minimum absolute atomic E-state index is 0.867. The average Bonchev–Trinajstić information content (AvgIpc) is 2.52. The second-order valence-electron chi connectivity index (χ2n) is 5.43. The van der Waals surface area contributed by atoms with Crippen molar-refractivity contribution in [2.45, 2.75) is 26.7 Å². The maximum Gasteiger partial charge on any atom is 0.0761 e. The van der Waals surface area contributed by atoms with Crippen molar-refractivity contribution in [1.82, 2.24) is 4.98 Å². The first-order valence-electron chi connectivity index (χ1n) is 7.41. The van der Waals surface area contributed by atoms with Gasteiger partial charge in [0, 0.05) is 16.8 Å². The SMILES string of the molecule is CCc1nc2c(Cc3ccccc3)cccc2c(N)c1C. The van der Waals surface area contributed by atoms with Gasteiger partial charge in [-0.15, -0.1) is 0 Å². The van der Waals surface area contributed by atoms with Crippen LogP contribution in [0.4, 0.5) is 5.69 Å². The van der Waals surface area contributed by atoms with Crippen LogP contribution >= 0.6 is 0 Å². The average molecular weight is 276 g/mol. The predicted octanol–water partition coefficient (Wildman–Crippen LogP) is 4.28. The van der Waals surface area contributed by atoms with E-state index in [-0.39, 0.29) is 0 Å². The number of aromatic nitrogens is 1. The van der Waals surface area contributed by atoms with Gasteiger partial charge < -0.3 is 5.73 Å². The van der Waals surface area contributed by atoms with E-state index in [2.05, 4.69) is 56.3 Å². The van der Waals surface area contributed by atoms with Gasteiger partial charge in [0.05, 0.1) is 5.52 Å². The molecule has 0 aliphatic carbocycles. The second kappa shape index (κ2) is 5.57. The lowest BCUT2D eigenvalue weighted by molar-refractivity contribution is 1.03. The third-order valence-electron chi connectivity index (χ3n) is 4.07. The van der Waals surface area contributed by atoms with Gasteiger partial charge in [-0.1, -0.05) is 55.5 Å². The third kappa shape index (κ3) is 2.49. The highest BCUT2D eigenvalue weighted by Gasteiger charge is 2.11. The van der Waals surface area contributed by atoms with Crippen molar-refractivity contribution < 1.29 is 0 Å². The maximum atomic E-state index is 6.32. The highest BCUT2D eigenvalue weighted by Crippen LogP contribution is 2.28. The van der Waals surface area contributed by atoms with Gasteiger partial charge >= 0.3 is 0 Å². The molecule has 1 heterocycles. The number of anilines is 1. The van der Waals surface area contributed by atoms with E-state index in [4.69, 9.17) is 10.7 Å². The zero-order valence-electron chi connectivity index (χ0n) is 12.6. The van der Waals surface area contributed by atoms with E-state index < -0.39 is 0 Å². The van der Waals surface area contributed by atoms with Gasteiger partial charge in [0.25, 0.3) is 0 Å². The predicted molar refractivity (Wildman–Crippen MR) is 89.5 cm³/mol. The molecule has 21 heavy (non-hydrogen) atoms. The summed E-state index contributed by atoms with van der Waals surface area (Å²) in [7, 11) is 0. The first-order chi connectivity index (χ1) is 10.2. The van der Waals surface area contributed by atoms with Crippen molar-refractivity contribution in [3.8, 4) is 0 Å². The molecular formula is C19H20N2. The Labute approximate surface area is 125 Å². The lowest BCUT2D eigenvalue weighted by Crippen LogP contribution is -2.02. The Morgan fingerprint density at radius 3 is 2.48 bits per heavy atom. The Morgan fingerprint density at radius 2 is 1.76 bits per heavy atom. The van der Waals surface area contributed by atoms with Crippen molar-refractivity contribution in [3.63, 3.8) is 0 Å². The normalized spacial score (nSPS) is 11.0. The zero-order chi connectivity index (χ0) is 14.8. The topological polar surface area (TPSA) is 38.9 Å². The van der Waals surface area contributed by atoms with Gasteiger partial charge in [0.2, 0.25) is 0 Å². The lowest BCUT2D eigenvalue weighted by atomic mass is 9.99. The molecule has 2 aromatic carbocycles. The van der Waals surface area contributed by atoms with Gasteiger partial charge in [0.1, 0.15) is 0 Å². The van der Waals surface area contributed by atoms with Crippen molar-refractivity contribution in [3.05, 3.63) is 70.9 Å². The molecule has 0 saturated carbocycles. The largest absolute Gasteiger partial charge is 0.398 e. The highest BCUT2D eigenvalue weighted by molar-refractivity contribution is 5.94. The zero-order valence-corrected chi connectivity index (χ0v) is 12.6. The minimum atomic E-state index is 0.867. The summed E-state index contributed by atoms with van der Waals surface area (Å²) in [6.45, 7) is 4.19. The number of para-hydroxylation sites is 1. The fraction of sp³-hybridized carbons (Fsp3) is 0.211. The standard InChI is InChI=1S/C19H20N2/c1-3-17-13(2)18(20)16-11-7-10-15(19(16)21-17)12-14-8-5-4-6-9-14/h4-11H,3,12H2,1-2H3,(H2,20,21). The van der Waals surface area contributed by atoms with Crippen molar-refractivity contribution in [2.24, 2.45) is 0 Å². The highest BCUT2D eigenvalue weighted by atomic mass is 14.7. The maximum absolute atomic E-state index is 6.32. The smallest absolute Gasteiger partial charge is 0.0761 e. The molecule has 0 atom stereocenters. The fourth-order valence-corrected chi connectivity index (χ4v) is 2.82. The molecule has 0 amide bonds. The fourth-order valence-electron chi connectivity index (χ4n) is 2.82. The molecule has 0 saturated heterocycles. The van der Waals surface area contributed by atoms with Crippen LogP contribution < -0.4 is 5.73 Å².